The zero-order chi connectivity index (χ0) is 18.8. The molecule has 8 nitrogen and oxygen atoms in total. The molecule has 0 aliphatic carbocycles. The molecular formula is C18H32N6O2. The summed E-state index contributed by atoms with van der Waals surface area (Å²) >= 11 is 0. The number of likely N-dealkylation sites (tertiary alicyclic amines) is 1. The minimum absolute atomic E-state index is 0.0294. The SMILES string of the molecule is Cc1nn(C)c(N2CCOCC2)c1CN1C[C@H](N)C[C@H]1C(=O)NC(C)C. The number of nitrogens with two attached hydrogens (primary N) is 1. The summed E-state index contributed by atoms with van der Waals surface area (Å²) in [6.07, 6.45) is 0.699. The number of nitrogens with one attached hydrogen (secondary N) is 1. The number of rotatable bonds is 5. The van der Waals surface area contributed by atoms with E-state index in [2.05, 4.69) is 20.2 Å². The average Bonchev–Trinajstić information content (AvgIpc) is 3.07. The number of hydrogen-bond acceptors (Lipinski definition) is 6. The van der Waals surface area contributed by atoms with Crippen molar-refractivity contribution in [3.8, 4) is 0 Å². The Morgan fingerprint density at radius 3 is 2.73 bits per heavy atom. The first-order valence-corrected chi connectivity index (χ1v) is 9.52. The molecule has 3 heterocycles. The molecule has 1 aromatic heterocycles. The van der Waals surface area contributed by atoms with Crippen LogP contribution in [0.3, 0.4) is 0 Å². The first-order valence-electron chi connectivity index (χ1n) is 9.52. The summed E-state index contributed by atoms with van der Waals surface area (Å²) in [5.74, 6) is 1.21. The molecule has 146 valence electrons. The van der Waals surface area contributed by atoms with E-state index >= 15 is 0 Å². The zero-order valence-corrected chi connectivity index (χ0v) is 16.4. The molecule has 0 spiro atoms. The molecule has 0 unspecified atom stereocenters. The van der Waals surface area contributed by atoms with Gasteiger partial charge in [0, 0.05) is 50.9 Å². The lowest BCUT2D eigenvalue weighted by atomic mass is 10.1. The molecule has 8 heteroatoms. The van der Waals surface area contributed by atoms with Crippen LogP contribution in [0, 0.1) is 6.92 Å². The summed E-state index contributed by atoms with van der Waals surface area (Å²) in [5.41, 5.74) is 8.39. The number of aryl methyl sites for hydroxylation is 2. The molecule has 0 radical (unpaired) electrons. The molecule has 26 heavy (non-hydrogen) atoms. The van der Waals surface area contributed by atoms with Gasteiger partial charge in [0.2, 0.25) is 5.91 Å². The van der Waals surface area contributed by atoms with Crippen LogP contribution < -0.4 is 16.0 Å². The number of anilines is 1. The van der Waals surface area contributed by atoms with Gasteiger partial charge < -0.3 is 20.7 Å². The maximum absolute atomic E-state index is 12.6. The van der Waals surface area contributed by atoms with Gasteiger partial charge >= 0.3 is 0 Å². The Morgan fingerprint density at radius 1 is 1.38 bits per heavy atom. The van der Waals surface area contributed by atoms with Crippen molar-refractivity contribution in [2.45, 2.75) is 51.9 Å². The van der Waals surface area contributed by atoms with Crippen LogP contribution in [0.5, 0.6) is 0 Å². The van der Waals surface area contributed by atoms with Gasteiger partial charge in [0.25, 0.3) is 0 Å². The van der Waals surface area contributed by atoms with E-state index in [1.54, 1.807) is 0 Å². The van der Waals surface area contributed by atoms with Crippen molar-refractivity contribution in [3.63, 3.8) is 0 Å². The van der Waals surface area contributed by atoms with Gasteiger partial charge in [0.1, 0.15) is 5.82 Å². The first kappa shape index (κ1) is 19.1. The number of amides is 1. The summed E-state index contributed by atoms with van der Waals surface area (Å²) < 4.78 is 7.44. The van der Waals surface area contributed by atoms with E-state index in [4.69, 9.17) is 10.5 Å². The third-order valence-electron chi connectivity index (χ3n) is 5.15. The van der Waals surface area contributed by atoms with Crippen LogP contribution in [0.2, 0.25) is 0 Å². The Hall–Kier alpha value is -1.64. The fourth-order valence-corrected chi connectivity index (χ4v) is 4.02. The normalized spacial score (nSPS) is 24.5. The van der Waals surface area contributed by atoms with Gasteiger partial charge in [-0.3, -0.25) is 14.4 Å². The highest BCUT2D eigenvalue weighted by molar-refractivity contribution is 5.82. The van der Waals surface area contributed by atoms with Crippen molar-refractivity contribution in [2.24, 2.45) is 12.8 Å². The minimum atomic E-state index is -0.176. The largest absolute Gasteiger partial charge is 0.378 e. The topological polar surface area (TPSA) is 88.7 Å². The van der Waals surface area contributed by atoms with Crippen LogP contribution >= 0.6 is 0 Å². The summed E-state index contributed by atoms with van der Waals surface area (Å²) in [4.78, 5) is 17.2. The Balaban J connectivity index is 1.81. The lowest BCUT2D eigenvalue weighted by Gasteiger charge is -2.31. The summed E-state index contributed by atoms with van der Waals surface area (Å²) in [7, 11) is 1.99. The van der Waals surface area contributed by atoms with Gasteiger partial charge in [-0.15, -0.1) is 0 Å². The first-order chi connectivity index (χ1) is 12.4. The van der Waals surface area contributed by atoms with Gasteiger partial charge in [-0.25, -0.2) is 0 Å². The van der Waals surface area contributed by atoms with Crippen molar-refractivity contribution in [1.29, 1.82) is 0 Å². The van der Waals surface area contributed by atoms with E-state index in [1.807, 2.05) is 32.5 Å². The molecule has 1 amide bonds. The third kappa shape index (κ3) is 4.02. The van der Waals surface area contributed by atoms with Crippen LogP contribution in [-0.2, 0) is 23.1 Å². The molecular weight excluding hydrogens is 332 g/mol. The standard InChI is InChI=1S/C18H32N6O2/c1-12(2)20-17(25)16-9-14(19)10-24(16)11-15-13(3)21-22(4)18(15)23-5-7-26-8-6-23/h12,14,16H,5-11,19H2,1-4H3,(H,20,25)/t14-,16+/m1/s1. The Kier molecular flexibility index (Phi) is 5.84. The molecule has 2 fully saturated rings. The number of aromatic nitrogens is 2. The molecule has 0 bridgehead atoms. The maximum atomic E-state index is 12.6. The predicted octanol–water partition coefficient (Wildman–Crippen LogP) is -0.00868. The van der Waals surface area contributed by atoms with Gasteiger partial charge in [-0.05, 0) is 27.2 Å². The second-order valence-electron chi connectivity index (χ2n) is 7.71. The van der Waals surface area contributed by atoms with E-state index in [0.29, 0.717) is 13.0 Å². The van der Waals surface area contributed by atoms with E-state index in [-0.39, 0.29) is 24.0 Å². The van der Waals surface area contributed by atoms with Crippen molar-refractivity contribution < 1.29 is 9.53 Å². The second-order valence-corrected chi connectivity index (χ2v) is 7.71. The van der Waals surface area contributed by atoms with E-state index in [1.165, 1.54) is 5.56 Å². The van der Waals surface area contributed by atoms with Crippen LogP contribution in [0.1, 0.15) is 31.5 Å². The number of morpholine rings is 1. The highest BCUT2D eigenvalue weighted by atomic mass is 16.5. The average molecular weight is 364 g/mol. The van der Waals surface area contributed by atoms with E-state index in [0.717, 1.165) is 44.4 Å². The maximum Gasteiger partial charge on any atom is 0.237 e. The fraction of sp³-hybridized carbons (Fsp3) is 0.778. The Bertz CT molecular complexity index is 638. The fourth-order valence-electron chi connectivity index (χ4n) is 4.02. The molecule has 1 aromatic rings. The molecule has 2 aliphatic heterocycles. The number of ether oxygens (including phenoxy) is 1. The molecule has 2 atom stereocenters. The Morgan fingerprint density at radius 2 is 2.08 bits per heavy atom. The van der Waals surface area contributed by atoms with E-state index in [9.17, 15) is 4.79 Å². The van der Waals surface area contributed by atoms with Gasteiger partial charge in [0.15, 0.2) is 0 Å². The van der Waals surface area contributed by atoms with Crippen molar-refractivity contribution >= 4 is 11.7 Å². The zero-order valence-electron chi connectivity index (χ0n) is 16.4. The highest BCUT2D eigenvalue weighted by Crippen LogP contribution is 2.28. The number of nitrogens with zero attached hydrogens (tertiary/aromatic N) is 4. The monoisotopic (exact) mass is 364 g/mol. The molecule has 3 rings (SSSR count). The van der Waals surface area contributed by atoms with Crippen LogP contribution in [0.25, 0.3) is 0 Å². The van der Waals surface area contributed by atoms with Crippen LogP contribution in [-0.4, -0.2) is 71.6 Å². The van der Waals surface area contributed by atoms with Crippen LogP contribution in [0.15, 0.2) is 0 Å². The second kappa shape index (κ2) is 7.94. The molecule has 2 aliphatic rings. The molecule has 0 saturated carbocycles. The molecule has 3 N–H and O–H groups in total. The van der Waals surface area contributed by atoms with Gasteiger partial charge in [0.05, 0.1) is 24.9 Å². The summed E-state index contributed by atoms with van der Waals surface area (Å²) in [6.45, 7) is 10.6. The number of carbonyl (C=O) groups is 1. The lowest BCUT2D eigenvalue weighted by Crippen LogP contribution is -2.45. The van der Waals surface area contributed by atoms with Crippen molar-refractivity contribution in [1.82, 2.24) is 20.0 Å². The van der Waals surface area contributed by atoms with E-state index < -0.39 is 0 Å². The molecule has 2 saturated heterocycles. The number of hydrogen-bond donors (Lipinski definition) is 2. The van der Waals surface area contributed by atoms with Gasteiger partial charge in [-0.2, -0.15) is 5.10 Å². The Labute approximate surface area is 155 Å². The molecule has 0 aromatic carbocycles. The van der Waals surface area contributed by atoms with Crippen molar-refractivity contribution in [2.75, 3.05) is 37.7 Å². The predicted molar refractivity (Wildman–Crippen MR) is 101 cm³/mol. The lowest BCUT2D eigenvalue weighted by molar-refractivity contribution is -0.126. The number of carbonyl (C=O) groups excluding carboxylic acids is 1. The van der Waals surface area contributed by atoms with Crippen molar-refractivity contribution in [3.05, 3.63) is 11.3 Å². The highest BCUT2D eigenvalue weighted by Gasteiger charge is 2.36. The summed E-state index contributed by atoms with van der Waals surface area (Å²) in [5, 5.41) is 7.68. The third-order valence-corrected chi connectivity index (χ3v) is 5.15. The minimum Gasteiger partial charge on any atom is -0.378 e. The quantitative estimate of drug-likeness (QED) is 0.764. The van der Waals surface area contributed by atoms with Crippen LogP contribution in [0.4, 0.5) is 5.82 Å². The van der Waals surface area contributed by atoms with Gasteiger partial charge in [-0.1, -0.05) is 0 Å². The smallest absolute Gasteiger partial charge is 0.237 e. The summed E-state index contributed by atoms with van der Waals surface area (Å²) in [6, 6.07) is -0.0171.